The third-order valence-corrected chi connectivity index (χ3v) is 4.35. The summed E-state index contributed by atoms with van der Waals surface area (Å²) in [6, 6.07) is 0.512. The number of likely N-dealkylation sites (tertiary alicyclic amines) is 1. The van der Waals surface area contributed by atoms with E-state index >= 15 is 0 Å². The van der Waals surface area contributed by atoms with Crippen molar-refractivity contribution in [1.29, 1.82) is 0 Å². The molecule has 3 nitrogen and oxygen atoms in total. The lowest BCUT2D eigenvalue weighted by Gasteiger charge is -2.34. The number of hydrogen-bond acceptors (Lipinski definition) is 2. The predicted octanol–water partition coefficient (Wildman–Crippen LogP) is 2.17. The van der Waals surface area contributed by atoms with Crippen molar-refractivity contribution in [3.63, 3.8) is 0 Å². The van der Waals surface area contributed by atoms with E-state index < -0.39 is 0 Å². The SMILES string of the molecule is CNC1CCCN(C(=O)C2CCCCCC2)C1. The Labute approximate surface area is 105 Å². The van der Waals surface area contributed by atoms with E-state index in [1.54, 1.807) is 0 Å². The summed E-state index contributed by atoms with van der Waals surface area (Å²) >= 11 is 0. The first kappa shape index (κ1) is 12.9. The van der Waals surface area contributed by atoms with Gasteiger partial charge < -0.3 is 10.2 Å². The van der Waals surface area contributed by atoms with Crippen LogP contribution in [0.5, 0.6) is 0 Å². The van der Waals surface area contributed by atoms with Crippen molar-refractivity contribution in [2.75, 3.05) is 20.1 Å². The Morgan fingerprint density at radius 2 is 1.76 bits per heavy atom. The molecular weight excluding hydrogens is 212 g/mol. The maximum absolute atomic E-state index is 12.5. The first-order valence-electron chi connectivity index (χ1n) is 7.27. The molecule has 17 heavy (non-hydrogen) atoms. The first-order valence-corrected chi connectivity index (χ1v) is 7.27. The molecule has 3 heteroatoms. The smallest absolute Gasteiger partial charge is 0.225 e. The molecule has 0 aromatic heterocycles. The molecule has 1 N–H and O–H groups in total. The maximum Gasteiger partial charge on any atom is 0.225 e. The molecule has 1 amide bonds. The number of nitrogens with one attached hydrogen (secondary N) is 1. The van der Waals surface area contributed by atoms with Gasteiger partial charge >= 0.3 is 0 Å². The summed E-state index contributed by atoms with van der Waals surface area (Å²) in [6.45, 7) is 1.90. The van der Waals surface area contributed by atoms with E-state index in [2.05, 4.69) is 10.2 Å². The van der Waals surface area contributed by atoms with Gasteiger partial charge in [-0.1, -0.05) is 25.7 Å². The lowest BCUT2D eigenvalue weighted by molar-refractivity contribution is -0.137. The van der Waals surface area contributed by atoms with Gasteiger partial charge in [0.25, 0.3) is 0 Å². The number of nitrogens with zero attached hydrogens (tertiary/aromatic N) is 1. The molecule has 1 heterocycles. The largest absolute Gasteiger partial charge is 0.341 e. The molecule has 1 atom stereocenters. The van der Waals surface area contributed by atoms with E-state index in [0.717, 1.165) is 32.4 Å². The Hall–Kier alpha value is -0.570. The Balaban J connectivity index is 1.89. The lowest BCUT2D eigenvalue weighted by atomic mass is 9.96. The summed E-state index contributed by atoms with van der Waals surface area (Å²) in [6.07, 6.45) is 9.76. The van der Waals surface area contributed by atoms with Crippen LogP contribution in [0.25, 0.3) is 0 Å². The summed E-state index contributed by atoms with van der Waals surface area (Å²) in [5.41, 5.74) is 0. The van der Waals surface area contributed by atoms with Gasteiger partial charge in [-0.25, -0.2) is 0 Å². The number of hydrogen-bond donors (Lipinski definition) is 1. The average Bonchev–Trinajstić information content (AvgIpc) is 2.67. The fraction of sp³-hybridized carbons (Fsp3) is 0.929. The Morgan fingerprint density at radius 3 is 2.41 bits per heavy atom. The Bertz CT molecular complexity index is 247. The van der Waals surface area contributed by atoms with Gasteiger partial charge in [-0.15, -0.1) is 0 Å². The highest BCUT2D eigenvalue weighted by atomic mass is 16.2. The molecule has 2 aliphatic rings. The molecular formula is C14H26N2O. The molecule has 1 aliphatic heterocycles. The second-order valence-corrected chi connectivity index (χ2v) is 5.60. The number of carbonyl (C=O) groups excluding carboxylic acids is 1. The van der Waals surface area contributed by atoms with E-state index in [9.17, 15) is 4.79 Å². The van der Waals surface area contributed by atoms with E-state index in [4.69, 9.17) is 0 Å². The van der Waals surface area contributed by atoms with Crippen LogP contribution in [0.1, 0.15) is 51.4 Å². The van der Waals surface area contributed by atoms with Gasteiger partial charge in [0.1, 0.15) is 0 Å². The third-order valence-electron chi connectivity index (χ3n) is 4.35. The lowest BCUT2D eigenvalue weighted by Crippen LogP contribution is -2.48. The summed E-state index contributed by atoms with van der Waals surface area (Å²) in [5.74, 6) is 0.764. The Morgan fingerprint density at radius 1 is 1.06 bits per heavy atom. The number of rotatable bonds is 2. The molecule has 0 radical (unpaired) electrons. The number of piperidine rings is 1. The van der Waals surface area contributed by atoms with Gasteiger partial charge in [0.2, 0.25) is 5.91 Å². The third kappa shape index (κ3) is 3.44. The fourth-order valence-electron chi connectivity index (χ4n) is 3.20. The molecule has 1 aliphatic carbocycles. The first-order chi connectivity index (χ1) is 8.31. The van der Waals surface area contributed by atoms with Gasteiger partial charge in [-0.3, -0.25) is 4.79 Å². The molecule has 0 spiro atoms. The van der Waals surface area contributed by atoms with Crippen LogP contribution in [0.2, 0.25) is 0 Å². The molecule has 1 unspecified atom stereocenters. The zero-order chi connectivity index (χ0) is 12.1. The van der Waals surface area contributed by atoms with Crippen molar-refractivity contribution in [2.45, 2.75) is 57.4 Å². The van der Waals surface area contributed by atoms with Gasteiger partial charge in [-0.2, -0.15) is 0 Å². The summed E-state index contributed by atoms with van der Waals surface area (Å²) in [5, 5.41) is 3.31. The highest BCUT2D eigenvalue weighted by Crippen LogP contribution is 2.25. The van der Waals surface area contributed by atoms with Crippen LogP contribution in [0.4, 0.5) is 0 Å². The summed E-state index contributed by atoms with van der Waals surface area (Å²) in [7, 11) is 2.00. The normalized spacial score (nSPS) is 27.8. The minimum atomic E-state index is 0.327. The van der Waals surface area contributed by atoms with Crippen molar-refractivity contribution < 1.29 is 4.79 Å². The predicted molar refractivity (Wildman–Crippen MR) is 69.9 cm³/mol. The van der Waals surface area contributed by atoms with Crippen LogP contribution in [-0.2, 0) is 4.79 Å². The molecule has 0 aromatic carbocycles. The zero-order valence-corrected chi connectivity index (χ0v) is 11.1. The van der Waals surface area contributed by atoms with E-state index in [-0.39, 0.29) is 0 Å². The molecule has 0 aromatic rings. The minimum Gasteiger partial charge on any atom is -0.341 e. The maximum atomic E-state index is 12.5. The van der Waals surface area contributed by atoms with E-state index in [1.807, 2.05) is 7.05 Å². The van der Waals surface area contributed by atoms with Gasteiger partial charge in [0.05, 0.1) is 0 Å². The van der Waals surface area contributed by atoms with Crippen LogP contribution < -0.4 is 5.32 Å². The van der Waals surface area contributed by atoms with Crippen LogP contribution in [0.15, 0.2) is 0 Å². The van der Waals surface area contributed by atoms with E-state index in [1.165, 1.54) is 32.1 Å². The topological polar surface area (TPSA) is 32.3 Å². The highest BCUT2D eigenvalue weighted by Gasteiger charge is 2.28. The monoisotopic (exact) mass is 238 g/mol. The van der Waals surface area contributed by atoms with Crippen molar-refractivity contribution in [2.24, 2.45) is 5.92 Å². The fourth-order valence-corrected chi connectivity index (χ4v) is 3.20. The van der Waals surface area contributed by atoms with Crippen molar-refractivity contribution >= 4 is 5.91 Å². The standard InChI is InChI=1S/C14H26N2O/c1-15-13-9-6-10-16(11-13)14(17)12-7-4-2-3-5-8-12/h12-13,15H,2-11H2,1H3. The molecule has 98 valence electrons. The molecule has 2 rings (SSSR count). The van der Waals surface area contributed by atoms with Crippen molar-refractivity contribution in [1.82, 2.24) is 10.2 Å². The molecule has 1 saturated carbocycles. The molecule has 0 bridgehead atoms. The minimum absolute atomic E-state index is 0.327. The van der Waals surface area contributed by atoms with Crippen LogP contribution in [-0.4, -0.2) is 37.0 Å². The quantitative estimate of drug-likeness (QED) is 0.748. The van der Waals surface area contributed by atoms with Crippen molar-refractivity contribution in [3.8, 4) is 0 Å². The zero-order valence-electron chi connectivity index (χ0n) is 11.1. The Kier molecular flexibility index (Phi) is 4.84. The van der Waals surface area contributed by atoms with Gasteiger partial charge in [0, 0.05) is 25.0 Å². The highest BCUT2D eigenvalue weighted by molar-refractivity contribution is 5.79. The van der Waals surface area contributed by atoms with Gasteiger partial charge in [0.15, 0.2) is 0 Å². The second kappa shape index (κ2) is 6.39. The van der Waals surface area contributed by atoms with Crippen LogP contribution in [0.3, 0.4) is 0 Å². The summed E-state index contributed by atoms with van der Waals surface area (Å²) < 4.78 is 0. The molecule has 2 fully saturated rings. The number of carbonyl (C=O) groups is 1. The summed E-state index contributed by atoms with van der Waals surface area (Å²) in [4.78, 5) is 14.6. The second-order valence-electron chi connectivity index (χ2n) is 5.60. The molecule has 1 saturated heterocycles. The van der Waals surface area contributed by atoms with Crippen LogP contribution >= 0.6 is 0 Å². The van der Waals surface area contributed by atoms with E-state index in [0.29, 0.717) is 17.9 Å². The number of amides is 1. The van der Waals surface area contributed by atoms with Crippen LogP contribution in [0, 0.1) is 5.92 Å². The van der Waals surface area contributed by atoms with Crippen molar-refractivity contribution in [3.05, 3.63) is 0 Å². The number of likely N-dealkylation sites (N-methyl/N-ethyl adjacent to an activating group) is 1. The van der Waals surface area contributed by atoms with Gasteiger partial charge in [-0.05, 0) is 32.7 Å². The average molecular weight is 238 g/mol.